The highest BCUT2D eigenvalue weighted by Crippen LogP contribution is 2.24. The van der Waals surface area contributed by atoms with Gasteiger partial charge in [0.1, 0.15) is 5.75 Å². The number of para-hydroxylation sites is 1. The van der Waals surface area contributed by atoms with E-state index in [0.717, 1.165) is 5.56 Å². The van der Waals surface area contributed by atoms with Crippen molar-refractivity contribution >= 4 is 5.91 Å². The number of carbonyl (C=O) groups is 1. The van der Waals surface area contributed by atoms with E-state index in [1.165, 1.54) is 0 Å². The minimum Gasteiger partial charge on any atom is -0.508 e. The van der Waals surface area contributed by atoms with Crippen molar-refractivity contribution in [3.05, 3.63) is 29.8 Å². The number of phenols is 1. The second-order valence-electron chi connectivity index (χ2n) is 5.12. The fraction of sp³-hybridized carbons (Fsp3) is 0.500. The lowest BCUT2D eigenvalue weighted by Gasteiger charge is -2.25. The molecule has 0 heterocycles. The van der Waals surface area contributed by atoms with Crippen LogP contribution >= 0.6 is 0 Å². The van der Waals surface area contributed by atoms with Crippen LogP contribution in [0.3, 0.4) is 0 Å². The van der Waals surface area contributed by atoms with Gasteiger partial charge in [0.15, 0.2) is 0 Å². The monoisotopic (exact) mass is 250 g/mol. The maximum absolute atomic E-state index is 11.6. The Balaban J connectivity index is 2.64. The Morgan fingerprint density at radius 1 is 1.39 bits per heavy atom. The Kier molecular flexibility index (Phi) is 4.73. The van der Waals surface area contributed by atoms with Crippen molar-refractivity contribution in [1.29, 1.82) is 0 Å². The molecule has 1 aromatic carbocycles. The summed E-state index contributed by atoms with van der Waals surface area (Å²) in [6.07, 6.45) is 0. The smallest absolute Gasteiger partial charge is 0.226 e. The fourth-order valence-corrected chi connectivity index (χ4v) is 1.79. The van der Waals surface area contributed by atoms with Gasteiger partial charge in [-0.05, 0) is 26.8 Å². The number of carbonyl (C=O) groups excluding carboxylic acids is 1. The van der Waals surface area contributed by atoms with Gasteiger partial charge in [-0.1, -0.05) is 18.2 Å². The highest BCUT2D eigenvalue weighted by Gasteiger charge is 2.27. The van der Waals surface area contributed by atoms with Gasteiger partial charge in [-0.2, -0.15) is 0 Å². The van der Waals surface area contributed by atoms with Crippen molar-refractivity contribution in [2.45, 2.75) is 26.8 Å². The van der Waals surface area contributed by atoms with Crippen molar-refractivity contribution in [2.75, 3.05) is 13.6 Å². The van der Waals surface area contributed by atoms with Crippen molar-refractivity contribution < 1.29 is 9.90 Å². The van der Waals surface area contributed by atoms with E-state index in [-0.39, 0.29) is 17.7 Å². The largest absolute Gasteiger partial charge is 0.508 e. The number of hydrogen-bond acceptors (Lipinski definition) is 3. The number of aromatic hydroxyl groups is 1. The summed E-state index contributed by atoms with van der Waals surface area (Å²) in [6, 6.07) is 7.21. The van der Waals surface area contributed by atoms with Crippen LogP contribution in [-0.4, -0.2) is 24.6 Å². The topological polar surface area (TPSA) is 61.4 Å². The first kappa shape index (κ1) is 14.5. The Morgan fingerprint density at radius 3 is 2.56 bits per heavy atom. The number of hydrogen-bond donors (Lipinski definition) is 3. The molecule has 0 fully saturated rings. The van der Waals surface area contributed by atoms with E-state index in [1.807, 2.05) is 32.9 Å². The van der Waals surface area contributed by atoms with E-state index in [4.69, 9.17) is 0 Å². The Labute approximate surface area is 108 Å². The number of amides is 1. The minimum absolute atomic E-state index is 0.000478. The van der Waals surface area contributed by atoms with Crippen LogP contribution in [0.4, 0.5) is 0 Å². The summed E-state index contributed by atoms with van der Waals surface area (Å²) in [6.45, 7) is 6.28. The summed E-state index contributed by atoms with van der Waals surface area (Å²) in [4.78, 5) is 11.6. The third-order valence-electron chi connectivity index (χ3n) is 3.10. The summed E-state index contributed by atoms with van der Waals surface area (Å²) in [5, 5.41) is 15.7. The third-order valence-corrected chi connectivity index (χ3v) is 3.10. The zero-order valence-electron chi connectivity index (χ0n) is 11.4. The standard InChI is InChI=1S/C14H22N2O2/c1-10(11-7-5-6-8-12(11)17)16-9-14(2,3)13(18)15-4/h5-8,10,16-17H,9H2,1-4H3,(H,15,18). The van der Waals surface area contributed by atoms with Crippen LogP contribution < -0.4 is 10.6 Å². The molecule has 1 amide bonds. The van der Waals surface area contributed by atoms with Gasteiger partial charge in [0.2, 0.25) is 5.91 Å². The maximum atomic E-state index is 11.6. The first-order valence-electron chi connectivity index (χ1n) is 6.12. The zero-order chi connectivity index (χ0) is 13.8. The summed E-state index contributed by atoms with van der Waals surface area (Å²) in [7, 11) is 1.64. The number of rotatable bonds is 5. The first-order valence-corrected chi connectivity index (χ1v) is 6.12. The van der Waals surface area contributed by atoms with Crippen molar-refractivity contribution in [3.8, 4) is 5.75 Å². The molecule has 0 radical (unpaired) electrons. The molecular formula is C14H22N2O2. The summed E-state index contributed by atoms with van der Waals surface area (Å²) in [5.74, 6) is 0.273. The molecule has 1 aromatic rings. The Morgan fingerprint density at radius 2 is 2.00 bits per heavy atom. The van der Waals surface area contributed by atoms with Crippen molar-refractivity contribution in [2.24, 2.45) is 5.41 Å². The molecule has 3 N–H and O–H groups in total. The summed E-state index contributed by atoms with van der Waals surface area (Å²) >= 11 is 0. The van der Waals surface area contributed by atoms with Gasteiger partial charge in [-0.15, -0.1) is 0 Å². The van der Waals surface area contributed by atoms with Crippen LogP contribution in [0.5, 0.6) is 5.75 Å². The molecule has 100 valence electrons. The van der Waals surface area contributed by atoms with Crippen molar-refractivity contribution in [3.63, 3.8) is 0 Å². The van der Waals surface area contributed by atoms with E-state index in [9.17, 15) is 9.90 Å². The molecule has 0 aliphatic carbocycles. The van der Waals surface area contributed by atoms with Gasteiger partial charge in [-0.25, -0.2) is 0 Å². The maximum Gasteiger partial charge on any atom is 0.226 e. The van der Waals surface area contributed by atoms with Gasteiger partial charge in [0.05, 0.1) is 5.41 Å². The van der Waals surface area contributed by atoms with Crippen LogP contribution in [0.2, 0.25) is 0 Å². The molecule has 18 heavy (non-hydrogen) atoms. The lowest BCUT2D eigenvalue weighted by Crippen LogP contribution is -2.42. The van der Waals surface area contributed by atoms with Crippen LogP contribution in [-0.2, 0) is 4.79 Å². The lowest BCUT2D eigenvalue weighted by atomic mass is 9.91. The minimum atomic E-state index is -0.479. The highest BCUT2D eigenvalue weighted by atomic mass is 16.3. The molecule has 4 nitrogen and oxygen atoms in total. The Hall–Kier alpha value is -1.55. The van der Waals surface area contributed by atoms with Gasteiger partial charge >= 0.3 is 0 Å². The molecule has 0 aliphatic heterocycles. The normalized spacial score (nSPS) is 13.1. The van der Waals surface area contributed by atoms with Crippen molar-refractivity contribution in [1.82, 2.24) is 10.6 Å². The number of phenolic OH excluding ortho intramolecular Hbond substituents is 1. The quantitative estimate of drug-likeness (QED) is 0.747. The molecule has 0 saturated carbocycles. The zero-order valence-corrected chi connectivity index (χ0v) is 11.4. The van der Waals surface area contributed by atoms with Gasteiger partial charge in [0.25, 0.3) is 0 Å². The molecule has 0 saturated heterocycles. The van der Waals surface area contributed by atoms with E-state index in [0.29, 0.717) is 6.54 Å². The molecular weight excluding hydrogens is 228 g/mol. The summed E-state index contributed by atoms with van der Waals surface area (Å²) < 4.78 is 0. The SMILES string of the molecule is CNC(=O)C(C)(C)CNC(C)c1ccccc1O. The lowest BCUT2D eigenvalue weighted by molar-refractivity contribution is -0.128. The predicted octanol–water partition coefficient (Wildman–Crippen LogP) is 1.81. The number of benzene rings is 1. The van der Waals surface area contributed by atoms with E-state index in [2.05, 4.69) is 10.6 Å². The molecule has 0 aromatic heterocycles. The molecule has 1 unspecified atom stereocenters. The molecule has 1 rings (SSSR count). The van der Waals surface area contributed by atoms with E-state index < -0.39 is 5.41 Å². The van der Waals surface area contributed by atoms with Crippen LogP contribution in [0.1, 0.15) is 32.4 Å². The second kappa shape index (κ2) is 5.87. The van der Waals surface area contributed by atoms with E-state index >= 15 is 0 Å². The molecule has 0 aliphatic rings. The predicted molar refractivity (Wildman–Crippen MR) is 72.4 cm³/mol. The number of nitrogens with one attached hydrogen (secondary N) is 2. The van der Waals surface area contributed by atoms with Crippen LogP contribution in [0.25, 0.3) is 0 Å². The van der Waals surface area contributed by atoms with Crippen LogP contribution in [0, 0.1) is 5.41 Å². The van der Waals surface area contributed by atoms with Gasteiger partial charge in [-0.3, -0.25) is 4.79 Å². The average molecular weight is 250 g/mol. The van der Waals surface area contributed by atoms with E-state index in [1.54, 1.807) is 19.2 Å². The second-order valence-corrected chi connectivity index (χ2v) is 5.12. The average Bonchev–Trinajstić information content (AvgIpc) is 2.35. The van der Waals surface area contributed by atoms with Gasteiger partial charge < -0.3 is 15.7 Å². The summed E-state index contributed by atoms with van der Waals surface area (Å²) in [5.41, 5.74) is 0.359. The van der Waals surface area contributed by atoms with Crippen LogP contribution in [0.15, 0.2) is 24.3 Å². The molecule has 0 bridgehead atoms. The molecule has 1 atom stereocenters. The van der Waals surface area contributed by atoms with Gasteiger partial charge in [0, 0.05) is 25.2 Å². The molecule has 0 spiro atoms. The highest BCUT2D eigenvalue weighted by molar-refractivity contribution is 5.81. The molecule has 4 heteroatoms. The fourth-order valence-electron chi connectivity index (χ4n) is 1.79. The third kappa shape index (κ3) is 3.47. The first-order chi connectivity index (χ1) is 8.38. The Bertz CT molecular complexity index is 416.